The number of likely N-dealkylation sites (N-methyl/N-ethyl adjacent to an activating group) is 1. The van der Waals surface area contributed by atoms with Crippen molar-refractivity contribution in [3.63, 3.8) is 0 Å². The number of ketones is 2. The second kappa shape index (κ2) is 9.96. The fourth-order valence-corrected chi connectivity index (χ4v) is 6.23. The number of nitrogens with zero attached hydrogens (tertiary/aromatic N) is 2. The van der Waals surface area contributed by atoms with Crippen LogP contribution in [-0.4, -0.2) is 77.5 Å². The first-order valence-electron chi connectivity index (χ1n) is 12.9. The molecule has 0 saturated carbocycles. The third-order valence-corrected chi connectivity index (χ3v) is 7.74. The van der Waals surface area contributed by atoms with E-state index in [1.54, 1.807) is 25.1 Å². The van der Waals surface area contributed by atoms with Crippen molar-refractivity contribution in [1.82, 2.24) is 10.4 Å². The van der Waals surface area contributed by atoms with Crippen LogP contribution >= 0.6 is 0 Å². The number of hydrogen-bond acceptors (Lipinski definition) is 10. The molecule has 4 atom stereocenters. The molecule has 0 spiro atoms. The fraction of sp³-hybridized carbons (Fsp3) is 0.536. The van der Waals surface area contributed by atoms with Crippen molar-refractivity contribution in [2.75, 3.05) is 33.1 Å². The Kier molecular flexibility index (Phi) is 7.30. The molecule has 0 aromatic heterocycles. The summed E-state index contributed by atoms with van der Waals surface area (Å²) in [5.41, 5.74) is 9.19. The van der Waals surface area contributed by atoms with E-state index in [0.717, 1.165) is 5.69 Å². The van der Waals surface area contributed by atoms with E-state index >= 15 is 0 Å². The van der Waals surface area contributed by atoms with Crippen molar-refractivity contribution in [2.45, 2.75) is 51.8 Å². The summed E-state index contributed by atoms with van der Waals surface area (Å²) in [6.07, 6.45) is 0.634. The van der Waals surface area contributed by atoms with Gasteiger partial charge in [-0.1, -0.05) is 0 Å². The van der Waals surface area contributed by atoms with E-state index in [4.69, 9.17) is 10.6 Å². The van der Waals surface area contributed by atoms with Crippen molar-refractivity contribution < 1.29 is 34.5 Å². The number of amides is 1. The third-order valence-electron chi connectivity index (χ3n) is 7.74. The molecule has 11 nitrogen and oxygen atoms in total. The third kappa shape index (κ3) is 4.79. The first-order chi connectivity index (χ1) is 18.1. The Morgan fingerprint density at radius 1 is 1.13 bits per heavy atom. The molecule has 0 fully saturated rings. The van der Waals surface area contributed by atoms with E-state index in [1.165, 1.54) is 0 Å². The molecule has 2 unspecified atom stereocenters. The highest BCUT2D eigenvalue weighted by Crippen LogP contribution is 2.51. The van der Waals surface area contributed by atoms with Crippen LogP contribution in [0.2, 0.25) is 0 Å². The van der Waals surface area contributed by atoms with Crippen LogP contribution in [0.3, 0.4) is 0 Å². The number of benzene rings is 1. The lowest BCUT2D eigenvalue weighted by Gasteiger charge is -2.46. The maximum atomic E-state index is 14.0. The number of allylic oxidation sites excluding steroid dienone is 2. The van der Waals surface area contributed by atoms with E-state index in [0.29, 0.717) is 24.0 Å². The molecule has 6 N–H and O–H groups in total. The first kappa shape index (κ1) is 28.6. The van der Waals surface area contributed by atoms with Gasteiger partial charge >= 0.3 is 0 Å². The van der Waals surface area contributed by atoms with Gasteiger partial charge < -0.3 is 26.0 Å². The highest BCUT2D eigenvalue weighted by Gasteiger charge is 2.54. The number of anilines is 1. The van der Waals surface area contributed by atoms with Crippen molar-refractivity contribution in [3.05, 3.63) is 45.4 Å². The lowest BCUT2D eigenvalue weighted by molar-refractivity contribution is -0.127. The maximum Gasteiger partial charge on any atom is 0.255 e. The molecular formula is C28H38N4O7. The van der Waals surface area contributed by atoms with Crippen molar-refractivity contribution in [2.24, 2.45) is 23.5 Å². The van der Waals surface area contributed by atoms with Crippen LogP contribution in [0.5, 0.6) is 5.75 Å². The molecule has 39 heavy (non-hydrogen) atoms. The lowest BCUT2D eigenvalue weighted by Crippen LogP contribution is -2.53. The molecule has 0 bridgehead atoms. The van der Waals surface area contributed by atoms with Crippen molar-refractivity contribution in [3.8, 4) is 5.75 Å². The van der Waals surface area contributed by atoms with Gasteiger partial charge in [-0.15, -0.1) is 0 Å². The number of nitrogens with two attached hydrogens (primary N) is 1. The quantitative estimate of drug-likeness (QED) is 0.265. The smallest absolute Gasteiger partial charge is 0.255 e. The molecule has 3 aliphatic rings. The van der Waals surface area contributed by atoms with Crippen LogP contribution in [-0.2, 0) is 27.4 Å². The zero-order valence-electron chi connectivity index (χ0n) is 23.5. The number of rotatable bonds is 6. The minimum atomic E-state index is -1.21. The predicted molar refractivity (Wildman–Crippen MR) is 144 cm³/mol. The Hall–Kier alpha value is -3.41. The normalized spacial score (nSPS) is 25.0. The number of Topliss-reactive ketones (excluding diaryl/α,β-unsaturated/α-hetero) is 2. The summed E-state index contributed by atoms with van der Waals surface area (Å²) < 4.78 is 0. The highest BCUT2D eigenvalue weighted by atomic mass is 16.7. The Morgan fingerprint density at radius 2 is 1.77 bits per heavy atom. The standard InChI is InChI=1S/C28H38N4O7/c1-28(2,3)39-30-11-13-10-16(31(4)5)14-8-12-9-15-19(24(35)17(12)23(34)18(14)22(13)33)25(36)20(27(29)38)26(37)21(15)32(6)7/h10,12,15,19,21,30,33,35,37H,8-9,11H2,1-7H3,(H2,29,38)/t12-,15?,19?,21+/m0/s1. The van der Waals surface area contributed by atoms with E-state index in [1.807, 2.05) is 39.8 Å². The number of fused-ring (bicyclic) bond motifs is 3. The average Bonchev–Trinajstić information content (AvgIpc) is 2.78. The Morgan fingerprint density at radius 3 is 2.31 bits per heavy atom. The van der Waals surface area contributed by atoms with Crippen molar-refractivity contribution >= 4 is 23.2 Å². The summed E-state index contributed by atoms with van der Waals surface area (Å²) >= 11 is 0. The number of hydrogen-bond donors (Lipinski definition) is 5. The number of phenols is 1. The Bertz CT molecular complexity index is 1310. The number of aliphatic hydroxyl groups excluding tert-OH is 2. The summed E-state index contributed by atoms with van der Waals surface area (Å²) in [6, 6.07) is 1.05. The summed E-state index contributed by atoms with van der Waals surface area (Å²) in [7, 11) is 7.09. The number of nitrogens with one attached hydrogen (secondary N) is 1. The molecule has 0 heterocycles. The van der Waals surface area contributed by atoms with Gasteiger partial charge in [0.2, 0.25) is 0 Å². The van der Waals surface area contributed by atoms with E-state index < -0.39 is 64.0 Å². The number of carbonyl (C=O) groups is 3. The maximum absolute atomic E-state index is 14.0. The largest absolute Gasteiger partial charge is 0.511 e. The number of aliphatic hydroxyl groups is 2. The van der Waals surface area contributed by atoms with E-state index in [-0.39, 0.29) is 23.4 Å². The second-order valence-electron chi connectivity index (χ2n) is 12.0. The van der Waals surface area contributed by atoms with E-state index in [2.05, 4.69) is 5.48 Å². The lowest BCUT2D eigenvalue weighted by atomic mass is 9.60. The fourth-order valence-electron chi connectivity index (χ4n) is 6.23. The van der Waals surface area contributed by atoms with Crippen LogP contribution < -0.4 is 16.1 Å². The van der Waals surface area contributed by atoms with Gasteiger partial charge in [0.05, 0.1) is 23.1 Å². The zero-order chi connectivity index (χ0) is 29.1. The van der Waals surface area contributed by atoms with Gasteiger partial charge in [0.15, 0.2) is 11.6 Å². The van der Waals surface area contributed by atoms with Gasteiger partial charge in [-0.2, -0.15) is 5.48 Å². The van der Waals surface area contributed by atoms with Crippen LogP contribution in [0.15, 0.2) is 28.7 Å². The van der Waals surface area contributed by atoms with Gasteiger partial charge in [0, 0.05) is 37.5 Å². The summed E-state index contributed by atoms with van der Waals surface area (Å²) in [6.45, 7) is 5.75. The Balaban J connectivity index is 1.85. The van der Waals surface area contributed by atoms with Crippen LogP contribution in [0.1, 0.15) is 48.7 Å². The molecule has 0 radical (unpaired) electrons. The van der Waals surface area contributed by atoms with Crippen molar-refractivity contribution in [1.29, 1.82) is 0 Å². The van der Waals surface area contributed by atoms with Gasteiger partial charge in [-0.25, -0.2) is 0 Å². The molecule has 1 amide bonds. The molecule has 0 aliphatic heterocycles. The molecule has 0 saturated heterocycles. The molecule has 11 heteroatoms. The Labute approximate surface area is 227 Å². The zero-order valence-corrected chi connectivity index (χ0v) is 23.5. The molecule has 1 aromatic rings. The SMILES string of the molecule is CN(C)c1cc(CNOC(C)(C)C)c(O)c2c1C[C@H]1CC3C(C(=O)C(C(N)=O)=C(O)[C@@H]3N(C)C)C(O)=C1C2=O. The number of phenolic OH excluding ortho intramolecular Hbond substituents is 1. The molecule has 1 aromatic carbocycles. The monoisotopic (exact) mass is 542 g/mol. The predicted octanol–water partition coefficient (Wildman–Crippen LogP) is 1.89. The van der Waals surface area contributed by atoms with Crippen LogP contribution in [0, 0.1) is 17.8 Å². The van der Waals surface area contributed by atoms with Gasteiger partial charge in [-0.05, 0) is 71.2 Å². The molecule has 4 rings (SSSR count). The second-order valence-corrected chi connectivity index (χ2v) is 12.0. The summed E-state index contributed by atoms with van der Waals surface area (Å²) in [4.78, 5) is 48.6. The minimum Gasteiger partial charge on any atom is -0.511 e. The number of carbonyl (C=O) groups excluding carboxylic acids is 3. The topological polar surface area (TPSA) is 166 Å². The molecule has 3 aliphatic carbocycles. The molecular weight excluding hydrogens is 504 g/mol. The van der Waals surface area contributed by atoms with Crippen LogP contribution in [0.25, 0.3) is 0 Å². The summed E-state index contributed by atoms with van der Waals surface area (Å²) in [5, 5.41) is 33.6. The van der Waals surface area contributed by atoms with Gasteiger partial charge in [0.1, 0.15) is 22.8 Å². The average molecular weight is 543 g/mol. The van der Waals surface area contributed by atoms with Crippen LogP contribution in [0.4, 0.5) is 5.69 Å². The van der Waals surface area contributed by atoms with Gasteiger partial charge in [-0.3, -0.25) is 24.1 Å². The highest BCUT2D eigenvalue weighted by molar-refractivity contribution is 6.22. The summed E-state index contributed by atoms with van der Waals surface area (Å²) in [5.74, 6) is -5.80. The minimum absolute atomic E-state index is 0.0517. The number of aromatic hydroxyl groups is 1. The molecule has 212 valence electrons. The first-order valence-corrected chi connectivity index (χ1v) is 12.9. The van der Waals surface area contributed by atoms with Gasteiger partial charge in [0.25, 0.3) is 5.91 Å². The van der Waals surface area contributed by atoms with E-state index in [9.17, 15) is 29.7 Å². The number of primary amides is 1. The number of hydroxylamine groups is 1.